The van der Waals surface area contributed by atoms with E-state index in [1.54, 1.807) is 0 Å². The molecule has 7 aromatic carbocycles. The SMILES string of the molecule is Brc1ccc(-c2ccc3sc4cc(-c5ccc(N(c6ccccc6)c6ccc(-c7nc8ccccc8o7)cc6)cc5)ccc4c3c2)cc1. The van der Waals surface area contributed by atoms with Crippen LogP contribution in [0.5, 0.6) is 0 Å². The zero-order valence-corrected chi connectivity index (χ0v) is 28.1. The van der Waals surface area contributed by atoms with Crippen LogP contribution in [0, 0.1) is 0 Å². The van der Waals surface area contributed by atoms with Crippen LogP contribution >= 0.6 is 27.3 Å². The highest BCUT2D eigenvalue weighted by molar-refractivity contribution is 9.10. The van der Waals surface area contributed by atoms with Crippen LogP contribution in [0.25, 0.3) is 65.0 Å². The van der Waals surface area contributed by atoms with Crippen molar-refractivity contribution in [2.75, 3.05) is 4.90 Å². The summed E-state index contributed by atoms with van der Waals surface area (Å²) < 4.78 is 9.72. The number of para-hydroxylation sites is 3. The first kappa shape index (κ1) is 28.7. The molecule has 48 heavy (non-hydrogen) atoms. The van der Waals surface area contributed by atoms with Crippen molar-refractivity contribution in [1.82, 2.24) is 4.98 Å². The largest absolute Gasteiger partial charge is 0.436 e. The summed E-state index contributed by atoms with van der Waals surface area (Å²) in [6.07, 6.45) is 0. The number of hydrogen-bond donors (Lipinski definition) is 0. The number of benzene rings is 7. The molecule has 0 spiro atoms. The molecule has 0 bridgehead atoms. The van der Waals surface area contributed by atoms with Crippen LogP contribution in [0.1, 0.15) is 0 Å². The topological polar surface area (TPSA) is 29.3 Å². The zero-order chi connectivity index (χ0) is 32.0. The summed E-state index contributed by atoms with van der Waals surface area (Å²) in [5.41, 5.74) is 10.7. The highest BCUT2D eigenvalue weighted by atomic mass is 79.9. The van der Waals surface area contributed by atoms with Crippen molar-refractivity contribution in [3.63, 3.8) is 0 Å². The van der Waals surface area contributed by atoms with Crippen molar-refractivity contribution in [3.8, 4) is 33.7 Å². The minimum atomic E-state index is 0.624. The average molecular weight is 700 g/mol. The number of halogens is 1. The lowest BCUT2D eigenvalue weighted by atomic mass is 10.0. The van der Waals surface area contributed by atoms with Gasteiger partial charge in [0.1, 0.15) is 5.52 Å². The van der Waals surface area contributed by atoms with Crippen LogP contribution in [0.3, 0.4) is 0 Å². The molecule has 2 heterocycles. The first-order valence-electron chi connectivity index (χ1n) is 15.8. The van der Waals surface area contributed by atoms with E-state index in [2.05, 4.69) is 159 Å². The molecule has 9 rings (SSSR count). The fraction of sp³-hybridized carbons (Fsp3) is 0. The number of anilines is 3. The average Bonchev–Trinajstić information content (AvgIpc) is 3.74. The van der Waals surface area contributed by atoms with Crippen molar-refractivity contribution < 1.29 is 4.42 Å². The van der Waals surface area contributed by atoms with Crippen LogP contribution in [0.2, 0.25) is 0 Å². The van der Waals surface area contributed by atoms with Crippen molar-refractivity contribution in [2.45, 2.75) is 0 Å². The van der Waals surface area contributed by atoms with Crippen LogP contribution in [0.4, 0.5) is 17.1 Å². The quantitative estimate of drug-likeness (QED) is 0.173. The summed E-state index contributed by atoms with van der Waals surface area (Å²) in [4.78, 5) is 6.96. The van der Waals surface area contributed by atoms with Gasteiger partial charge >= 0.3 is 0 Å². The second kappa shape index (κ2) is 11.9. The molecule has 0 N–H and O–H groups in total. The van der Waals surface area contributed by atoms with Crippen molar-refractivity contribution >= 4 is 75.6 Å². The summed E-state index contributed by atoms with van der Waals surface area (Å²) in [6.45, 7) is 0. The van der Waals surface area contributed by atoms with Gasteiger partial charge < -0.3 is 9.32 Å². The zero-order valence-electron chi connectivity index (χ0n) is 25.7. The minimum absolute atomic E-state index is 0.624. The van der Waals surface area contributed by atoms with Crippen molar-refractivity contribution in [1.29, 1.82) is 0 Å². The van der Waals surface area contributed by atoms with E-state index in [0.717, 1.165) is 38.2 Å². The fourth-order valence-corrected chi connectivity index (χ4v) is 7.74. The van der Waals surface area contributed by atoms with Crippen LogP contribution < -0.4 is 4.90 Å². The van der Waals surface area contributed by atoms with Gasteiger partial charge in [0.2, 0.25) is 5.89 Å². The van der Waals surface area contributed by atoms with E-state index in [4.69, 9.17) is 4.42 Å². The number of hydrogen-bond acceptors (Lipinski definition) is 4. The summed E-state index contributed by atoms with van der Waals surface area (Å²) in [5, 5.41) is 2.60. The summed E-state index contributed by atoms with van der Waals surface area (Å²) in [6, 6.07) is 57.8. The first-order chi connectivity index (χ1) is 23.7. The molecule has 0 aliphatic rings. The van der Waals surface area contributed by atoms with Crippen molar-refractivity contribution in [3.05, 3.63) is 168 Å². The van der Waals surface area contributed by atoms with Gasteiger partial charge in [0.15, 0.2) is 5.58 Å². The molecule has 228 valence electrons. The fourth-order valence-electron chi connectivity index (χ4n) is 6.35. The molecule has 0 unspecified atom stereocenters. The second-order valence-electron chi connectivity index (χ2n) is 11.8. The van der Waals surface area contributed by atoms with E-state index in [1.807, 2.05) is 41.7 Å². The Morgan fingerprint density at radius 1 is 0.479 bits per heavy atom. The Bertz CT molecular complexity index is 2520. The first-order valence-corrected chi connectivity index (χ1v) is 17.4. The number of aromatic nitrogens is 1. The molecular formula is C43H27BrN2OS. The number of oxazole rings is 1. The van der Waals surface area contributed by atoms with E-state index in [0.29, 0.717) is 5.89 Å². The molecule has 0 fully saturated rings. The molecule has 5 heteroatoms. The van der Waals surface area contributed by atoms with Crippen LogP contribution in [-0.2, 0) is 0 Å². The number of thiophene rings is 1. The lowest BCUT2D eigenvalue weighted by molar-refractivity contribution is 0.620. The summed E-state index contributed by atoms with van der Waals surface area (Å²) in [5.74, 6) is 0.624. The highest BCUT2D eigenvalue weighted by Crippen LogP contribution is 2.40. The van der Waals surface area contributed by atoms with Crippen LogP contribution in [-0.4, -0.2) is 4.98 Å². The Balaban J connectivity index is 1.03. The van der Waals surface area contributed by atoms with E-state index < -0.39 is 0 Å². The molecule has 0 aliphatic carbocycles. The molecule has 0 aliphatic heterocycles. The second-order valence-corrected chi connectivity index (χ2v) is 13.8. The highest BCUT2D eigenvalue weighted by Gasteiger charge is 2.15. The molecule has 0 radical (unpaired) electrons. The minimum Gasteiger partial charge on any atom is -0.436 e. The predicted molar refractivity (Wildman–Crippen MR) is 206 cm³/mol. The number of rotatable bonds is 6. The van der Waals surface area contributed by atoms with Gasteiger partial charge in [-0.05, 0) is 113 Å². The van der Waals surface area contributed by atoms with Gasteiger partial charge in [-0.3, -0.25) is 0 Å². The predicted octanol–water partition coefficient (Wildman–Crippen LogP) is 13.4. The Hall–Kier alpha value is -5.49. The summed E-state index contributed by atoms with van der Waals surface area (Å²) >= 11 is 5.40. The van der Waals surface area contributed by atoms with Gasteiger partial charge in [-0.2, -0.15) is 0 Å². The van der Waals surface area contributed by atoms with E-state index in [-0.39, 0.29) is 0 Å². The Labute approximate surface area is 290 Å². The maximum absolute atomic E-state index is 6.02. The van der Waals surface area contributed by atoms with E-state index in [1.165, 1.54) is 42.4 Å². The Kier molecular flexibility index (Phi) is 7.15. The Morgan fingerprint density at radius 3 is 1.79 bits per heavy atom. The number of fused-ring (bicyclic) bond motifs is 4. The molecule has 0 saturated heterocycles. The molecule has 3 nitrogen and oxygen atoms in total. The third-order valence-corrected chi connectivity index (χ3v) is 10.5. The third-order valence-electron chi connectivity index (χ3n) is 8.79. The van der Waals surface area contributed by atoms with Gasteiger partial charge in [0, 0.05) is 47.3 Å². The maximum atomic E-state index is 6.02. The van der Waals surface area contributed by atoms with Gasteiger partial charge in [-0.25, -0.2) is 4.98 Å². The smallest absolute Gasteiger partial charge is 0.227 e. The van der Waals surface area contributed by atoms with Crippen LogP contribution in [0.15, 0.2) is 173 Å². The van der Waals surface area contributed by atoms with E-state index >= 15 is 0 Å². The Morgan fingerprint density at radius 2 is 1.06 bits per heavy atom. The van der Waals surface area contributed by atoms with Gasteiger partial charge in [0.05, 0.1) is 0 Å². The standard InChI is InChI=1S/C43H27BrN2OS/c44-33-18-10-28(11-19-33)31-17-25-41-38(26-31)37-24-16-32(27-42(37)48-41)29-12-20-35(21-13-29)46(34-6-2-1-3-7-34)36-22-14-30(15-23-36)43-45-39-8-4-5-9-40(39)47-43/h1-27H. The third kappa shape index (κ3) is 5.27. The van der Waals surface area contributed by atoms with Gasteiger partial charge in [-0.1, -0.05) is 88.7 Å². The maximum Gasteiger partial charge on any atom is 0.227 e. The lowest BCUT2D eigenvalue weighted by Crippen LogP contribution is -2.09. The van der Waals surface area contributed by atoms with Gasteiger partial charge in [0.25, 0.3) is 0 Å². The van der Waals surface area contributed by atoms with Crippen molar-refractivity contribution in [2.24, 2.45) is 0 Å². The molecule has 2 aromatic heterocycles. The molecule has 0 amide bonds. The molecule has 9 aromatic rings. The molecular weight excluding hydrogens is 672 g/mol. The molecule has 0 saturated carbocycles. The lowest BCUT2D eigenvalue weighted by Gasteiger charge is -2.25. The van der Waals surface area contributed by atoms with Gasteiger partial charge in [-0.15, -0.1) is 11.3 Å². The monoisotopic (exact) mass is 698 g/mol. The normalized spacial score (nSPS) is 11.4. The summed E-state index contributed by atoms with van der Waals surface area (Å²) in [7, 11) is 0. The van der Waals surface area contributed by atoms with E-state index in [9.17, 15) is 0 Å². The molecule has 0 atom stereocenters. The number of nitrogens with zero attached hydrogens (tertiary/aromatic N) is 2.